The lowest BCUT2D eigenvalue weighted by atomic mass is 10.0. The maximum atomic E-state index is 13.7. The minimum Gasteiger partial charge on any atom is -0.480 e. The lowest BCUT2D eigenvalue weighted by Crippen LogP contribution is -2.65. The number of benzene rings is 2. The normalized spacial score (nSPS) is 21.6. The van der Waals surface area contributed by atoms with Crippen LogP contribution in [0.5, 0.6) is 0 Å². The van der Waals surface area contributed by atoms with Crippen LogP contribution in [0.25, 0.3) is 0 Å². The number of rotatable bonds is 11. The molecule has 3 N–H and O–H groups in total. The fraction of sp³-hybridized carbons (Fsp3) is 0.423. The minimum atomic E-state index is -1.16. The van der Waals surface area contributed by atoms with Crippen molar-refractivity contribution in [1.29, 1.82) is 0 Å². The lowest BCUT2D eigenvalue weighted by Gasteiger charge is -2.33. The van der Waals surface area contributed by atoms with E-state index in [1.165, 1.54) is 11.8 Å². The summed E-state index contributed by atoms with van der Waals surface area (Å²) in [4.78, 5) is 38.1. The number of carbonyl (C=O) groups excluding carboxylic acids is 1. The molecule has 1 heterocycles. The predicted molar refractivity (Wildman–Crippen MR) is 133 cm³/mol. The molecular formula is C26H33N2O5S+. The van der Waals surface area contributed by atoms with Crippen LogP contribution in [0.1, 0.15) is 37.3 Å². The number of quaternary nitrogens is 1. The molecule has 0 radical (unpaired) electrons. The second-order valence-electron chi connectivity index (χ2n) is 8.84. The van der Waals surface area contributed by atoms with Crippen molar-refractivity contribution in [3.8, 4) is 0 Å². The zero-order chi connectivity index (χ0) is 24.6. The highest BCUT2D eigenvalue weighted by molar-refractivity contribution is 7.98. The minimum absolute atomic E-state index is 0.235. The largest absolute Gasteiger partial charge is 0.521 e. The zero-order valence-electron chi connectivity index (χ0n) is 19.4. The lowest BCUT2D eigenvalue weighted by molar-refractivity contribution is -0.793. The second kappa shape index (κ2) is 12.1. The van der Waals surface area contributed by atoms with Gasteiger partial charge < -0.3 is 10.2 Å². The van der Waals surface area contributed by atoms with Crippen molar-refractivity contribution in [2.75, 3.05) is 12.3 Å². The van der Waals surface area contributed by atoms with Crippen molar-refractivity contribution < 1.29 is 29.1 Å². The summed E-state index contributed by atoms with van der Waals surface area (Å²) >= 11 is 1.50. The Kier molecular flexibility index (Phi) is 9.27. The Hall–Kier alpha value is -2.68. The Bertz CT molecular complexity index is 972. The number of carboxylic acid groups (broad SMARTS) is 2. The molecule has 1 aliphatic rings. The van der Waals surface area contributed by atoms with Gasteiger partial charge in [0, 0.05) is 24.3 Å². The van der Waals surface area contributed by atoms with Crippen molar-refractivity contribution in [3.05, 3.63) is 71.8 Å². The van der Waals surface area contributed by atoms with Crippen molar-refractivity contribution in [2.45, 2.75) is 56.5 Å². The molecular weight excluding hydrogens is 452 g/mol. The average Bonchev–Trinajstić information content (AvgIpc) is 3.23. The summed E-state index contributed by atoms with van der Waals surface area (Å²) in [5, 5.41) is 23.0. The van der Waals surface area contributed by atoms with Gasteiger partial charge in [-0.2, -0.15) is 21.0 Å². The molecule has 0 spiro atoms. The summed E-state index contributed by atoms with van der Waals surface area (Å²) in [7, 11) is 0. The molecule has 0 aromatic heterocycles. The number of aryl methyl sites for hydroxylation is 1. The highest BCUT2D eigenvalue weighted by Crippen LogP contribution is 2.30. The second-order valence-corrected chi connectivity index (χ2v) is 9.87. The fourth-order valence-corrected chi connectivity index (χ4v) is 5.62. The third-order valence-electron chi connectivity index (χ3n) is 6.58. The smallest absolute Gasteiger partial charge is 0.480 e. The Balaban J connectivity index is 1.78. The summed E-state index contributed by atoms with van der Waals surface area (Å²) < 4.78 is -0.644. The summed E-state index contributed by atoms with van der Waals surface area (Å²) in [6.07, 6.45) is 0.983. The van der Waals surface area contributed by atoms with E-state index in [-0.39, 0.29) is 12.6 Å². The van der Waals surface area contributed by atoms with Gasteiger partial charge in [-0.25, -0.2) is 4.79 Å². The van der Waals surface area contributed by atoms with Gasteiger partial charge in [-0.1, -0.05) is 60.7 Å². The molecule has 1 saturated heterocycles. The Morgan fingerprint density at radius 3 is 2.15 bits per heavy atom. The molecule has 0 aliphatic carbocycles. The van der Waals surface area contributed by atoms with Crippen molar-refractivity contribution in [3.63, 3.8) is 0 Å². The molecule has 0 bridgehead atoms. The molecule has 7 nitrogen and oxygen atoms in total. The van der Waals surface area contributed by atoms with Gasteiger partial charge in [0.25, 0.3) is 0 Å². The number of amides is 2. The van der Waals surface area contributed by atoms with Gasteiger partial charge in [0.2, 0.25) is 0 Å². The number of hydrogen-bond donors (Lipinski definition) is 3. The quantitative estimate of drug-likeness (QED) is 0.411. The van der Waals surface area contributed by atoms with Gasteiger partial charge in [0.1, 0.15) is 18.1 Å². The van der Waals surface area contributed by atoms with Crippen molar-refractivity contribution in [1.82, 2.24) is 5.32 Å². The van der Waals surface area contributed by atoms with Crippen LogP contribution in [0.15, 0.2) is 60.7 Å². The number of nitrogens with zero attached hydrogens (tertiary/aromatic N) is 1. The first-order valence-corrected chi connectivity index (χ1v) is 12.8. The fourth-order valence-electron chi connectivity index (χ4n) is 4.60. The number of nitrogens with one attached hydrogen (secondary N) is 1. The Morgan fingerprint density at radius 1 is 1.00 bits per heavy atom. The van der Waals surface area contributed by atoms with Crippen LogP contribution in [0.2, 0.25) is 0 Å². The molecule has 1 fully saturated rings. The average molecular weight is 486 g/mol. The van der Waals surface area contributed by atoms with Gasteiger partial charge in [0.05, 0.1) is 6.54 Å². The standard InChI is InChI=1S/C26H32N2O5S/c1-19-9-8-16-28(19,26(32)33)24(29)23(18-34-17-21-12-6-3-7-13-21)27-22(25(30)31)15-14-20-10-4-2-5-11-20/h2-7,10-13,19,22-23,27H,8-9,14-18H2,1H3,(H-,30,31,32,33)/p+1/t19-,22?,23+,28?/m1/s1. The van der Waals surface area contributed by atoms with Crippen molar-refractivity contribution >= 4 is 29.7 Å². The van der Waals surface area contributed by atoms with E-state index in [4.69, 9.17) is 0 Å². The van der Waals surface area contributed by atoms with Gasteiger partial charge in [-0.05, 0) is 30.9 Å². The van der Waals surface area contributed by atoms with Crippen LogP contribution in [-0.4, -0.2) is 63.1 Å². The summed E-state index contributed by atoms with van der Waals surface area (Å²) in [5.74, 6) is -0.554. The third kappa shape index (κ3) is 6.25. The van der Waals surface area contributed by atoms with Gasteiger partial charge in [-0.3, -0.25) is 10.1 Å². The molecule has 2 unspecified atom stereocenters. The van der Waals surface area contributed by atoms with Crippen LogP contribution >= 0.6 is 11.8 Å². The van der Waals surface area contributed by atoms with E-state index in [0.717, 1.165) is 11.1 Å². The van der Waals surface area contributed by atoms with Gasteiger partial charge in [0.15, 0.2) is 0 Å². The maximum absolute atomic E-state index is 13.7. The SMILES string of the molecule is C[C@@H]1CCC[N+]1(C(=O)O)C(=O)[C@H](CSCc1ccccc1)NC(CCc1ccccc1)C(=O)O. The van der Waals surface area contributed by atoms with E-state index in [2.05, 4.69) is 5.32 Å². The van der Waals surface area contributed by atoms with Crippen LogP contribution in [0.4, 0.5) is 4.79 Å². The highest BCUT2D eigenvalue weighted by atomic mass is 32.2. The molecule has 2 aromatic carbocycles. The molecule has 2 amide bonds. The first-order valence-electron chi connectivity index (χ1n) is 11.6. The number of likely N-dealkylation sites (tertiary alicyclic amines) is 1. The van der Waals surface area contributed by atoms with E-state index in [0.29, 0.717) is 37.2 Å². The summed E-state index contributed by atoms with van der Waals surface area (Å²) in [5.41, 5.74) is 2.10. The highest BCUT2D eigenvalue weighted by Gasteiger charge is 2.55. The summed E-state index contributed by atoms with van der Waals surface area (Å²) in [6.45, 7) is 2.02. The van der Waals surface area contributed by atoms with E-state index in [9.17, 15) is 24.6 Å². The summed E-state index contributed by atoms with van der Waals surface area (Å²) in [6, 6.07) is 17.2. The van der Waals surface area contributed by atoms with Crippen LogP contribution in [0.3, 0.4) is 0 Å². The van der Waals surface area contributed by atoms with E-state index in [1.807, 2.05) is 60.7 Å². The van der Waals surface area contributed by atoms with Gasteiger partial charge >= 0.3 is 18.0 Å². The first kappa shape index (κ1) is 25.9. The predicted octanol–water partition coefficient (Wildman–Crippen LogP) is 4.17. The Labute approximate surface area is 204 Å². The van der Waals surface area contributed by atoms with Crippen LogP contribution in [-0.2, 0) is 21.8 Å². The van der Waals surface area contributed by atoms with Crippen LogP contribution < -0.4 is 5.32 Å². The van der Waals surface area contributed by atoms with E-state index < -0.39 is 34.5 Å². The topological polar surface area (TPSA) is 104 Å². The number of hydrogen-bond acceptors (Lipinski definition) is 5. The molecule has 8 heteroatoms. The van der Waals surface area contributed by atoms with E-state index >= 15 is 0 Å². The van der Waals surface area contributed by atoms with Crippen LogP contribution in [0, 0.1) is 0 Å². The number of aliphatic carboxylic acids is 1. The molecule has 182 valence electrons. The zero-order valence-corrected chi connectivity index (χ0v) is 20.2. The molecule has 2 aromatic rings. The first-order chi connectivity index (χ1) is 16.3. The Morgan fingerprint density at radius 2 is 1.62 bits per heavy atom. The molecule has 1 aliphatic heterocycles. The molecule has 4 atom stereocenters. The van der Waals surface area contributed by atoms with E-state index in [1.54, 1.807) is 6.92 Å². The number of carboxylic acids is 1. The third-order valence-corrected chi connectivity index (χ3v) is 7.69. The molecule has 0 saturated carbocycles. The molecule has 34 heavy (non-hydrogen) atoms. The number of thioether (sulfide) groups is 1. The maximum Gasteiger partial charge on any atom is 0.521 e. The number of imide groups is 1. The number of carbonyl (C=O) groups is 3. The van der Waals surface area contributed by atoms with Crippen molar-refractivity contribution in [2.24, 2.45) is 0 Å². The molecule has 3 rings (SSSR count). The van der Waals surface area contributed by atoms with Gasteiger partial charge in [-0.15, -0.1) is 0 Å². The monoisotopic (exact) mass is 485 g/mol.